The third kappa shape index (κ3) is 2.86. The van der Waals surface area contributed by atoms with Gasteiger partial charge in [-0.25, -0.2) is 0 Å². The summed E-state index contributed by atoms with van der Waals surface area (Å²) in [5.74, 6) is 0.127. The fourth-order valence-corrected chi connectivity index (χ4v) is 1.77. The van der Waals surface area contributed by atoms with Crippen LogP contribution in [0.4, 0.5) is 0 Å². The summed E-state index contributed by atoms with van der Waals surface area (Å²) in [7, 11) is 0. The van der Waals surface area contributed by atoms with E-state index in [-0.39, 0.29) is 11.5 Å². The van der Waals surface area contributed by atoms with E-state index in [2.05, 4.69) is 6.58 Å². The first-order valence-electron chi connectivity index (χ1n) is 5.72. The number of allylic oxidation sites excluding steroid dienone is 1. The summed E-state index contributed by atoms with van der Waals surface area (Å²) < 4.78 is 0. The van der Waals surface area contributed by atoms with E-state index >= 15 is 0 Å². The number of aliphatic hydroxyl groups excluding tert-OH is 1. The summed E-state index contributed by atoms with van der Waals surface area (Å²) in [6.45, 7) is 3.44. The summed E-state index contributed by atoms with van der Waals surface area (Å²) in [4.78, 5) is 12.1. The van der Waals surface area contributed by atoms with Gasteiger partial charge in [0.15, 0.2) is 5.78 Å². The van der Waals surface area contributed by atoms with E-state index in [1.807, 2.05) is 30.3 Å². The van der Waals surface area contributed by atoms with Crippen LogP contribution in [0.15, 0.2) is 66.9 Å². The van der Waals surface area contributed by atoms with Crippen molar-refractivity contribution in [2.75, 3.05) is 0 Å². The van der Waals surface area contributed by atoms with Crippen LogP contribution in [-0.2, 0) is 6.42 Å². The fourth-order valence-electron chi connectivity index (χ4n) is 1.77. The first kappa shape index (κ1) is 12.1. The molecule has 0 amide bonds. The maximum absolute atomic E-state index is 12.1. The molecule has 90 valence electrons. The van der Waals surface area contributed by atoms with Gasteiger partial charge in [-0.15, -0.1) is 0 Å². The molecule has 18 heavy (non-hydrogen) atoms. The molecule has 1 N–H and O–H groups in total. The molecule has 2 nitrogen and oxygen atoms in total. The monoisotopic (exact) mass is 238 g/mol. The molecule has 0 radical (unpaired) electrons. The largest absolute Gasteiger partial charge is 0.513 e. The van der Waals surface area contributed by atoms with Crippen molar-refractivity contribution >= 4 is 5.78 Å². The minimum atomic E-state index is 0.00461. The van der Waals surface area contributed by atoms with Crippen LogP contribution in [0.1, 0.15) is 21.5 Å². The summed E-state index contributed by atoms with van der Waals surface area (Å²) in [5.41, 5.74) is 2.26. The number of benzene rings is 2. The third-order valence-electron chi connectivity index (χ3n) is 2.66. The van der Waals surface area contributed by atoms with Crippen LogP contribution in [0.3, 0.4) is 0 Å². The summed E-state index contributed by atoms with van der Waals surface area (Å²) in [5, 5.41) is 9.10. The van der Waals surface area contributed by atoms with Gasteiger partial charge in [-0.1, -0.05) is 61.2 Å². The van der Waals surface area contributed by atoms with E-state index in [1.54, 1.807) is 24.3 Å². The van der Waals surface area contributed by atoms with Crippen LogP contribution < -0.4 is 0 Å². The van der Waals surface area contributed by atoms with Crippen molar-refractivity contribution in [1.82, 2.24) is 0 Å². The van der Waals surface area contributed by atoms with Crippen LogP contribution in [0, 0.1) is 0 Å². The number of carbonyl (C=O) groups excluding carboxylic acids is 1. The molecule has 0 aliphatic heterocycles. The predicted molar refractivity (Wildman–Crippen MR) is 71.8 cm³/mol. The van der Waals surface area contributed by atoms with Gasteiger partial charge >= 0.3 is 0 Å². The van der Waals surface area contributed by atoms with Crippen molar-refractivity contribution in [3.8, 4) is 0 Å². The second kappa shape index (κ2) is 5.32. The van der Waals surface area contributed by atoms with Crippen LogP contribution in [0.25, 0.3) is 0 Å². The molecule has 0 heterocycles. The molecule has 0 aliphatic carbocycles. The van der Waals surface area contributed by atoms with Gasteiger partial charge in [0.05, 0.1) is 5.76 Å². The predicted octanol–water partition coefficient (Wildman–Crippen LogP) is 3.53. The first-order chi connectivity index (χ1) is 8.66. The zero-order valence-corrected chi connectivity index (χ0v) is 9.97. The second-order valence-electron chi connectivity index (χ2n) is 4.14. The molecular weight excluding hydrogens is 224 g/mol. The first-order valence-corrected chi connectivity index (χ1v) is 5.72. The highest BCUT2D eigenvalue weighted by atomic mass is 16.3. The number of ketones is 1. The Morgan fingerprint density at radius 1 is 0.944 bits per heavy atom. The van der Waals surface area contributed by atoms with Crippen molar-refractivity contribution in [2.24, 2.45) is 0 Å². The summed E-state index contributed by atoms with van der Waals surface area (Å²) >= 11 is 0. The van der Waals surface area contributed by atoms with Gasteiger partial charge in [0.2, 0.25) is 0 Å². The molecule has 0 unspecified atom stereocenters. The van der Waals surface area contributed by atoms with E-state index in [9.17, 15) is 4.79 Å². The highest BCUT2D eigenvalue weighted by Crippen LogP contribution is 2.12. The van der Waals surface area contributed by atoms with Crippen LogP contribution >= 0.6 is 0 Å². The number of aliphatic hydroxyl groups is 1. The van der Waals surface area contributed by atoms with E-state index in [1.165, 1.54) is 0 Å². The van der Waals surface area contributed by atoms with E-state index in [0.717, 1.165) is 5.56 Å². The summed E-state index contributed by atoms with van der Waals surface area (Å²) in [6.07, 6.45) is 0.416. The molecule has 2 aromatic carbocycles. The zero-order chi connectivity index (χ0) is 13.0. The molecule has 0 aromatic heterocycles. The standard InChI is InChI=1S/C16H14O2/c1-12(17)11-13-7-9-15(10-8-13)16(18)14-5-3-2-4-6-14/h2-10,17H,1,11H2. The lowest BCUT2D eigenvalue weighted by molar-refractivity contribution is 0.103. The minimum Gasteiger partial charge on any atom is -0.513 e. The van der Waals surface area contributed by atoms with E-state index in [4.69, 9.17) is 5.11 Å². The van der Waals surface area contributed by atoms with Crippen molar-refractivity contribution in [3.63, 3.8) is 0 Å². The van der Waals surface area contributed by atoms with Crippen molar-refractivity contribution in [1.29, 1.82) is 0 Å². The van der Waals surface area contributed by atoms with Gasteiger partial charge in [0.1, 0.15) is 0 Å². The fraction of sp³-hybridized carbons (Fsp3) is 0.0625. The van der Waals surface area contributed by atoms with Gasteiger partial charge < -0.3 is 5.11 Å². The smallest absolute Gasteiger partial charge is 0.193 e. The lowest BCUT2D eigenvalue weighted by Gasteiger charge is -2.03. The van der Waals surface area contributed by atoms with Crippen molar-refractivity contribution in [2.45, 2.75) is 6.42 Å². The molecular formula is C16H14O2. The van der Waals surface area contributed by atoms with Gasteiger partial charge in [-0.2, -0.15) is 0 Å². The lowest BCUT2D eigenvalue weighted by Crippen LogP contribution is -2.01. The molecule has 0 saturated heterocycles. The molecule has 0 aliphatic rings. The van der Waals surface area contributed by atoms with Crippen LogP contribution in [0.5, 0.6) is 0 Å². The number of hydrogen-bond acceptors (Lipinski definition) is 2. The molecule has 0 saturated carbocycles. The maximum atomic E-state index is 12.1. The molecule has 2 aromatic rings. The normalized spacial score (nSPS) is 10.0. The molecule has 0 spiro atoms. The highest BCUT2D eigenvalue weighted by Gasteiger charge is 2.07. The quantitative estimate of drug-likeness (QED) is 0.653. The minimum absolute atomic E-state index is 0.00461. The van der Waals surface area contributed by atoms with Crippen molar-refractivity contribution < 1.29 is 9.90 Å². The average molecular weight is 238 g/mol. The van der Waals surface area contributed by atoms with Crippen LogP contribution in [0.2, 0.25) is 0 Å². The zero-order valence-electron chi connectivity index (χ0n) is 9.97. The van der Waals surface area contributed by atoms with Gasteiger partial charge in [0.25, 0.3) is 0 Å². The molecule has 0 fully saturated rings. The van der Waals surface area contributed by atoms with Crippen molar-refractivity contribution in [3.05, 3.63) is 83.6 Å². The third-order valence-corrected chi connectivity index (χ3v) is 2.66. The number of hydrogen-bond donors (Lipinski definition) is 1. The lowest BCUT2D eigenvalue weighted by atomic mass is 10.0. The highest BCUT2D eigenvalue weighted by molar-refractivity contribution is 6.08. The number of rotatable bonds is 4. The second-order valence-corrected chi connectivity index (χ2v) is 4.14. The van der Waals surface area contributed by atoms with E-state index in [0.29, 0.717) is 17.5 Å². The Bertz CT molecular complexity index is 553. The van der Waals surface area contributed by atoms with E-state index < -0.39 is 0 Å². The van der Waals surface area contributed by atoms with Gasteiger partial charge in [-0.05, 0) is 5.56 Å². The Morgan fingerprint density at radius 2 is 1.50 bits per heavy atom. The Hall–Kier alpha value is -2.35. The molecule has 2 rings (SSSR count). The number of carbonyl (C=O) groups is 1. The Labute approximate surface area is 106 Å². The maximum Gasteiger partial charge on any atom is 0.193 e. The SMILES string of the molecule is C=C(O)Cc1ccc(C(=O)c2ccccc2)cc1. The molecule has 2 heteroatoms. The average Bonchev–Trinajstić information content (AvgIpc) is 2.39. The van der Waals surface area contributed by atoms with Crippen LogP contribution in [-0.4, -0.2) is 10.9 Å². The topological polar surface area (TPSA) is 37.3 Å². The Kier molecular flexibility index (Phi) is 3.58. The Balaban J connectivity index is 2.20. The summed E-state index contributed by atoms with van der Waals surface area (Å²) in [6, 6.07) is 16.4. The van der Waals surface area contributed by atoms with Gasteiger partial charge in [-0.3, -0.25) is 4.79 Å². The molecule has 0 bridgehead atoms. The van der Waals surface area contributed by atoms with Gasteiger partial charge in [0, 0.05) is 17.5 Å². The Morgan fingerprint density at radius 3 is 2.06 bits per heavy atom. The molecule has 0 atom stereocenters.